The molecule has 14 heavy (non-hydrogen) atoms. The molecule has 0 saturated carbocycles. The lowest BCUT2D eigenvalue weighted by atomic mass is 9.91. The van der Waals surface area contributed by atoms with Gasteiger partial charge in [-0.3, -0.25) is 0 Å². The molecule has 1 heterocycles. The molecular formula is C11H13FIN. The van der Waals surface area contributed by atoms with Gasteiger partial charge in [0.05, 0.1) is 0 Å². The van der Waals surface area contributed by atoms with Crippen LogP contribution in [0.3, 0.4) is 0 Å². The van der Waals surface area contributed by atoms with Crippen LogP contribution < -0.4 is 5.32 Å². The highest BCUT2D eigenvalue weighted by Crippen LogP contribution is 2.26. The lowest BCUT2D eigenvalue weighted by Crippen LogP contribution is -2.28. The Balaban J connectivity index is 2.24. The second-order valence-electron chi connectivity index (χ2n) is 3.71. The fourth-order valence-electron chi connectivity index (χ4n) is 1.94. The monoisotopic (exact) mass is 305 g/mol. The van der Waals surface area contributed by atoms with Crippen LogP contribution in [0.4, 0.5) is 4.39 Å². The summed E-state index contributed by atoms with van der Waals surface area (Å²) in [7, 11) is 0. The van der Waals surface area contributed by atoms with E-state index in [9.17, 15) is 4.39 Å². The maximum Gasteiger partial charge on any atom is 0.126 e. The molecule has 1 aliphatic rings. The Morgan fingerprint density at radius 1 is 1.43 bits per heavy atom. The van der Waals surface area contributed by atoms with Gasteiger partial charge in [0.25, 0.3) is 0 Å². The summed E-state index contributed by atoms with van der Waals surface area (Å²) in [6.45, 7) is 1.99. The van der Waals surface area contributed by atoms with Crippen molar-refractivity contribution in [3.8, 4) is 0 Å². The standard InChI is InChI=1S/C11H13FIN/c12-11-4-3-9(13)6-10(11)8-2-1-5-14-7-8/h3-4,6,8,14H,1-2,5,7H2/t8-/m0/s1. The van der Waals surface area contributed by atoms with Crippen molar-refractivity contribution in [1.82, 2.24) is 5.32 Å². The molecule has 1 aromatic carbocycles. The van der Waals surface area contributed by atoms with Crippen LogP contribution in [0.1, 0.15) is 24.3 Å². The van der Waals surface area contributed by atoms with Crippen LogP contribution in [-0.4, -0.2) is 13.1 Å². The van der Waals surface area contributed by atoms with Crippen molar-refractivity contribution in [3.05, 3.63) is 33.1 Å². The van der Waals surface area contributed by atoms with Crippen molar-refractivity contribution < 1.29 is 4.39 Å². The molecule has 1 fully saturated rings. The van der Waals surface area contributed by atoms with Crippen molar-refractivity contribution in [2.75, 3.05) is 13.1 Å². The predicted octanol–water partition coefficient (Wildman–Crippen LogP) is 2.90. The Hall–Kier alpha value is -0.160. The van der Waals surface area contributed by atoms with E-state index in [-0.39, 0.29) is 5.82 Å². The van der Waals surface area contributed by atoms with E-state index in [1.54, 1.807) is 6.07 Å². The number of benzene rings is 1. The quantitative estimate of drug-likeness (QED) is 0.787. The zero-order chi connectivity index (χ0) is 9.97. The zero-order valence-corrected chi connectivity index (χ0v) is 10.1. The number of rotatable bonds is 1. The predicted molar refractivity (Wildman–Crippen MR) is 64.0 cm³/mol. The Morgan fingerprint density at radius 2 is 2.29 bits per heavy atom. The molecule has 1 saturated heterocycles. The van der Waals surface area contributed by atoms with E-state index in [1.807, 2.05) is 12.1 Å². The summed E-state index contributed by atoms with van der Waals surface area (Å²) in [4.78, 5) is 0. The Labute approximate surface area is 97.2 Å². The molecule has 0 aromatic heterocycles. The lowest BCUT2D eigenvalue weighted by Gasteiger charge is -2.23. The molecule has 0 radical (unpaired) electrons. The summed E-state index contributed by atoms with van der Waals surface area (Å²) in [6.07, 6.45) is 2.25. The molecule has 1 aliphatic heterocycles. The van der Waals surface area contributed by atoms with E-state index >= 15 is 0 Å². The van der Waals surface area contributed by atoms with E-state index in [0.29, 0.717) is 5.92 Å². The maximum atomic E-state index is 13.5. The number of hydrogen-bond acceptors (Lipinski definition) is 1. The third kappa shape index (κ3) is 2.25. The van der Waals surface area contributed by atoms with Gasteiger partial charge >= 0.3 is 0 Å². The summed E-state index contributed by atoms with van der Waals surface area (Å²) < 4.78 is 14.6. The smallest absolute Gasteiger partial charge is 0.126 e. The highest BCUT2D eigenvalue weighted by atomic mass is 127. The fraction of sp³-hybridized carbons (Fsp3) is 0.455. The summed E-state index contributed by atoms with van der Waals surface area (Å²) in [5.74, 6) is 0.303. The minimum Gasteiger partial charge on any atom is -0.316 e. The number of hydrogen-bond donors (Lipinski definition) is 1. The Kier molecular flexibility index (Phi) is 3.38. The number of piperidine rings is 1. The minimum absolute atomic E-state index is 0.0564. The van der Waals surface area contributed by atoms with Gasteiger partial charge in [-0.25, -0.2) is 4.39 Å². The molecule has 1 atom stereocenters. The second-order valence-corrected chi connectivity index (χ2v) is 4.95. The minimum atomic E-state index is -0.0564. The second kappa shape index (κ2) is 4.57. The van der Waals surface area contributed by atoms with Gasteiger partial charge in [0.15, 0.2) is 0 Å². The molecule has 0 unspecified atom stereocenters. The van der Waals surface area contributed by atoms with Gasteiger partial charge in [-0.2, -0.15) is 0 Å². The van der Waals surface area contributed by atoms with E-state index in [4.69, 9.17) is 0 Å². The number of nitrogens with one attached hydrogen (secondary N) is 1. The third-order valence-electron chi connectivity index (χ3n) is 2.69. The first-order valence-electron chi connectivity index (χ1n) is 4.93. The van der Waals surface area contributed by atoms with Gasteiger partial charge in [-0.15, -0.1) is 0 Å². The molecule has 1 nitrogen and oxygen atoms in total. The molecule has 0 bridgehead atoms. The normalized spacial score (nSPS) is 22.3. The van der Waals surface area contributed by atoms with Gasteiger partial charge in [0, 0.05) is 10.1 Å². The molecule has 0 aliphatic carbocycles. The Morgan fingerprint density at radius 3 is 3.00 bits per heavy atom. The Bertz CT molecular complexity index is 321. The van der Waals surface area contributed by atoms with Crippen LogP contribution in [0.2, 0.25) is 0 Å². The molecule has 2 rings (SSSR count). The average Bonchev–Trinajstić information content (AvgIpc) is 2.23. The van der Waals surface area contributed by atoms with Crippen molar-refractivity contribution in [3.63, 3.8) is 0 Å². The van der Waals surface area contributed by atoms with Crippen LogP contribution in [0.5, 0.6) is 0 Å². The van der Waals surface area contributed by atoms with Crippen LogP contribution in [0.25, 0.3) is 0 Å². The molecule has 3 heteroatoms. The SMILES string of the molecule is Fc1ccc(I)cc1[C@H]1CCCNC1. The van der Waals surface area contributed by atoms with Gasteiger partial charge in [0.1, 0.15) is 5.82 Å². The first-order valence-corrected chi connectivity index (χ1v) is 6.01. The van der Waals surface area contributed by atoms with Gasteiger partial charge in [0.2, 0.25) is 0 Å². The molecule has 76 valence electrons. The fourth-order valence-corrected chi connectivity index (χ4v) is 2.46. The first-order chi connectivity index (χ1) is 6.77. The maximum absolute atomic E-state index is 13.5. The summed E-state index contributed by atoms with van der Waals surface area (Å²) in [6, 6.07) is 5.36. The molecule has 1 aromatic rings. The van der Waals surface area contributed by atoms with Crippen LogP contribution >= 0.6 is 22.6 Å². The van der Waals surface area contributed by atoms with Crippen LogP contribution in [0.15, 0.2) is 18.2 Å². The van der Waals surface area contributed by atoms with Crippen LogP contribution in [0, 0.1) is 9.39 Å². The van der Waals surface area contributed by atoms with Crippen molar-refractivity contribution in [2.45, 2.75) is 18.8 Å². The largest absolute Gasteiger partial charge is 0.316 e. The van der Waals surface area contributed by atoms with E-state index < -0.39 is 0 Å². The lowest BCUT2D eigenvalue weighted by molar-refractivity contribution is 0.446. The van der Waals surface area contributed by atoms with E-state index in [2.05, 4.69) is 27.9 Å². The first kappa shape index (κ1) is 10.4. The summed E-state index contributed by atoms with van der Waals surface area (Å²) in [5, 5.41) is 3.31. The highest BCUT2D eigenvalue weighted by molar-refractivity contribution is 14.1. The zero-order valence-electron chi connectivity index (χ0n) is 7.89. The van der Waals surface area contributed by atoms with Crippen molar-refractivity contribution in [2.24, 2.45) is 0 Å². The van der Waals surface area contributed by atoms with E-state index in [0.717, 1.165) is 35.1 Å². The number of halogens is 2. The highest BCUT2D eigenvalue weighted by Gasteiger charge is 2.18. The van der Waals surface area contributed by atoms with Crippen LogP contribution in [-0.2, 0) is 0 Å². The summed E-state index contributed by atoms with van der Waals surface area (Å²) >= 11 is 2.23. The summed E-state index contributed by atoms with van der Waals surface area (Å²) in [5.41, 5.74) is 0.879. The van der Waals surface area contributed by atoms with Gasteiger partial charge in [-0.05, 0) is 71.7 Å². The van der Waals surface area contributed by atoms with Gasteiger partial charge < -0.3 is 5.32 Å². The molecule has 1 N–H and O–H groups in total. The topological polar surface area (TPSA) is 12.0 Å². The molecular weight excluding hydrogens is 292 g/mol. The van der Waals surface area contributed by atoms with Gasteiger partial charge in [-0.1, -0.05) is 0 Å². The molecule has 0 amide bonds. The van der Waals surface area contributed by atoms with E-state index in [1.165, 1.54) is 0 Å². The average molecular weight is 305 g/mol. The molecule has 0 spiro atoms. The van der Waals surface area contributed by atoms with Crippen molar-refractivity contribution in [1.29, 1.82) is 0 Å². The third-order valence-corrected chi connectivity index (χ3v) is 3.37. The van der Waals surface area contributed by atoms with Crippen molar-refractivity contribution >= 4 is 22.6 Å².